The predicted molar refractivity (Wildman–Crippen MR) is 78.9 cm³/mol. The molecule has 0 fully saturated rings. The van der Waals surface area contributed by atoms with Crippen LogP contribution >= 0.6 is 23.2 Å². The van der Waals surface area contributed by atoms with Crippen molar-refractivity contribution in [1.82, 2.24) is 0 Å². The highest BCUT2D eigenvalue weighted by Crippen LogP contribution is 2.42. The summed E-state index contributed by atoms with van der Waals surface area (Å²) >= 11 is 12.0. The van der Waals surface area contributed by atoms with E-state index in [1.54, 1.807) is 30.3 Å². The summed E-state index contributed by atoms with van der Waals surface area (Å²) in [4.78, 5) is 0. The smallest absolute Gasteiger partial charge is 0.0793 e. The van der Waals surface area contributed by atoms with Crippen molar-refractivity contribution >= 4 is 23.2 Å². The normalized spacial score (nSPS) is 35.5. The molecule has 19 heavy (non-hydrogen) atoms. The molecule has 2 atom stereocenters. The van der Waals surface area contributed by atoms with Crippen LogP contribution in [0.2, 0.25) is 10.0 Å². The number of hydrogen-bond acceptors (Lipinski definition) is 1. The van der Waals surface area contributed by atoms with E-state index in [2.05, 4.69) is 0 Å². The van der Waals surface area contributed by atoms with Gasteiger partial charge in [0.15, 0.2) is 0 Å². The zero-order valence-electron chi connectivity index (χ0n) is 14.0. The summed E-state index contributed by atoms with van der Waals surface area (Å²) in [5.74, 6) is -1.47. The fourth-order valence-corrected chi connectivity index (χ4v) is 2.55. The second-order valence-corrected chi connectivity index (χ2v) is 5.17. The van der Waals surface area contributed by atoms with Gasteiger partial charge in [0.25, 0.3) is 0 Å². The summed E-state index contributed by atoms with van der Waals surface area (Å²) in [6.07, 6.45) is -5.07. The highest BCUT2D eigenvalue weighted by molar-refractivity contribution is 6.42. The van der Waals surface area contributed by atoms with E-state index in [0.29, 0.717) is 16.1 Å². The lowest BCUT2D eigenvalue weighted by Gasteiger charge is -2.29. The molecule has 0 unspecified atom stereocenters. The van der Waals surface area contributed by atoms with Crippen molar-refractivity contribution in [2.24, 2.45) is 0 Å². The fourth-order valence-electron chi connectivity index (χ4n) is 2.26. The molecular weight excluding hydrogens is 279 g/mol. The van der Waals surface area contributed by atoms with E-state index < -0.39 is 18.3 Å². The number of rotatable bonds is 1. The van der Waals surface area contributed by atoms with Crippen molar-refractivity contribution in [3.8, 4) is 0 Å². The zero-order chi connectivity index (χ0) is 17.0. The molecule has 98 valence electrons. The average Bonchev–Trinajstić information content (AvgIpc) is 2.48. The molecule has 1 aliphatic carbocycles. The molecule has 0 spiro atoms. The maximum Gasteiger partial charge on any atom is 0.0793 e. The molecule has 1 N–H and O–H groups in total. The highest BCUT2D eigenvalue weighted by Gasteiger charge is 2.26. The lowest BCUT2D eigenvalue weighted by Crippen LogP contribution is -2.15. The fraction of sp³-hybridized carbons (Fsp3) is 0.250. The monoisotopic (exact) mass is 296 g/mol. The molecule has 3 heteroatoms. The van der Waals surface area contributed by atoms with Gasteiger partial charge in [-0.2, -0.15) is 0 Å². The largest absolute Gasteiger partial charge is 0.388 e. The third-order valence-electron chi connectivity index (χ3n) is 3.21. The van der Waals surface area contributed by atoms with Gasteiger partial charge < -0.3 is 5.11 Å². The van der Waals surface area contributed by atoms with E-state index in [1.165, 1.54) is 12.1 Å². The second-order valence-electron chi connectivity index (χ2n) is 4.36. The Labute approximate surface area is 128 Å². The lowest BCUT2D eigenvalue weighted by atomic mass is 9.78. The predicted octanol–water partition coefficient (Wildman–Crippen LogP) is 4.95. The molecule has 1 aliphatic rings. The molecular formula is C16H14Cl2O. The zero-order valence-corrected chi connectivity index (χ0v) is 11.5. The quantitative estimate of drug-likeness (QED) is 0.789. The number of fused-ring (bicyclic) bond motifs is 1. The molecule has 0 saturated heterocycles. The minimum absolute atomic E-state index is 0.0947. The number of benzene rings is 2. The summed E-state index contributed by atoms with van der Waals surface area (Å²) < 4.78 is 33.2. The molecule has 1 nitrogen and oxygen atoms in total. The van der Waals surface area contributed by atoms with Gasteiger partial charge >= 0.3 is 0 Å². The van der Waals surface area contributed by atoms with Gasteiger partial charge in [-0.3, -0.25) is 0 Å². The van der Waals surface area contributed by atoms with E-state index in [9.17, 15) is 5.11 Å². The Bertz CT molecular complexity index is 778. The first-order valence-corrected chi connectivity index (χ1v) is 6.63. The molecule has 0 saturated carbocycles. The van der Waals surface area contributed by atoms with Crippen LogP contribution in [0.25, 0.3) is 0 Å². The van der Waals surface area contributed by atoms with Crippen LogP contribution in [0.15, 0.2) is 42.5 Å². The lowest BCUT2D eigenvalue weighted by molar-refractivity contribution is 0.153. The number of halogens is 2. The standard InChI is InChI=1S/C16H14Cl2O/c17-14-7-5-10(9-15(14)18)11-6-8-16(19)13-4-2-1-3-12(11)13/h1-5,7,9,11,16,19H,6,8H2/t11-,16-/m0/s1/i8D2,11D,16D. The van der Waals surface area contributed by atoms with E-state index in [1.807, 2.05) is 0 Å². The minimum atomic E-state index is -2.41. The third kappa shape index (κ3) is 2.38. The third-order valence-corrected chi connectivity index (χ3v) is 3.95. The summed E-state index contributed by atoms with van der Waals surface area (Å²) in [7, 11) is 0. The minimum Gasteiger partial charge on any atom is -0.388 e. The topological polar surface area (TPSA) is 20.2 Å². The SMILES string of the molecule is [2H]C1([2H])C[C@@]([2H])(c2ccc(Cl)c(Cl)c2)c2ccccc2[C@@]1([2H])O. The van der Waals surface area contributed by atoms with Gasteiger partial charge in [0.2, 0.25) is 0 Å². The van der Waals surface area contributed by atoms with Crippen LogP contribution in [0, 0.1) is 0 Å². The van der Waals surface area contributed by atoms with Gasteiger partial charge in [-0.05, 0) is 41.6 Å². The van der Waals surface area contributed by atoms with Gasteiger partial charge in [-0.15, -0.1) is 0 Å². The van der Waals surface area contributed by atoms with Gasteiger partial charge in [-0.1, -0.05) is 53.5 Å². The molecule has 3 rings (SSSR count). The van der Waals surface area contributed by atoms with Crippen LogP contribution < -0.4 is 0 Å². The Balaban J connectivity index is 2.28. The maximum atomic E-state index is 10.4. The van der Waals surface area contributed by atoms with Crippen molar-refractivity contribution < 1.29 is 10.6 Å². The van der Waals surface area contributed by atoms with Crippen molar-refractivity contribution in [1.29, 1.82) is 0 Å². The van der Waals surface area contributed by atoms with Crippen molar-refractivity contribution in [2.45, 2.75) is 24.8 Å². The van der Waals surface area contributed by atoms with Crippen LogP contribution in [-0.4, -0.2) is 5.11 Å². The van der Waals surface area contributed by atoms with Crippen molar-refractivity contribution in [3.63, 3.8) is 0 Å². The molecule has 0 heterocycles. The molecule has 0 aromatic heterocycles. The summed E-state index contributed by atoms with van der Waals surface area (Å²) in [5.41, 5.74) is 0.960. The number of aliphatic hydroxyl groups is 1. The maximum absolute atomic E-state index is 10.4. The number of hydrogen-bond donors (Lipinski definition) is 1. The van der Waals surface area contributed by atoms with Crippen LogP contribution in [0.4, 0.5) is 0 Å². The van der Waals surface area contributed by atoms with Gasteiger partial charge in [0.05, 0.1) is 17.5 Å². The van der Waals surface area contributed by atoms with Crippen molar-refractivity contribution in [3.05, 3.63) is 69.2 Å². The van der Waals surface area contributed by atoms with E-state index in [0.717, 1.165) is 0 Å². The second kappa shape index (κ2) is 5.16. The first kappa shape index (κ1) is 9.02. The average molecular weight is 297 g/mol. The summed E-state index contributed by atoms with van der Waals surface area (Å²) in [5, 5.41) is 11.0. The van der Waals surface area contributed by atoms with E-state index in [-0.39, 0.29) is 17.0 Å². The molecule has 0 bridgehead atoms. The van der Waals surface area contributed by atoms with Crippen LogP contribution in [0.5, 0.6) is 0 Å². The Hall–Kier alpha value is -1.02. The Morgan fingerprint density at radius 3 is 2.58 bits per heavy atom. The summed E-state index contributed by atoms with van der Waals surface area (Å²) in [6, 6.07) is 11.2. The van der Waals surface area contributed by atoms with Crippen LogP contribution in [0.1, 0.15) is 46.9 Å². The molecule has 2 aromatic rings. The first-order chi connectivity index (χ1) is 10.6. The van der Waals surface area contributed by atoms with E-state index >= 15 is 0 Å². The highest BCUT2D eigenvalue weighted by atomic mass is 35.5. The van der Waals surface area contributed by atoms with Crippen LogP contribution in [-0.2, 0) is 0 Å². The Morgan fingerprint density at radius 2 is 1.84 bits per heavy atom. The van der Waals surface area contributed by atoms with E-state index in [4.69, 9.17) is 28.7 Å². The van der Waals surface area contributed by atoms with Crippen LogP contribution in [0.3, 0.4) is 0 Å². The summed E-state index contributed by atoms with van der Waals surface area (Å²) in [6.45, 7) is 0. The Morgan fingerprint density at radius 1 is 1.11 bits per heavy atom. The molecule has 0 amide bonds. The molecule has 2 aromatic carbocycles. The first-order valence-electron chi connectivity index (χ1n) is 7.87. The Kier molecular flexibility index (Phi) is 2.45. The molecule has 0 aliphatic heterocycles. The van der Waals surface area contributed by atoms with Gasteiger partial charge in [-0.25, -0.2) is 0 Å². The van der Waals surface area contributed by atoms with Gasteiger partial charge in [0.1, 0.15) is 0 Å². The molecule has 0 radical (unpaired) electrons. The van der Waals surface area contributed by atoms with Gasteiger partial charge in [0, 0.05) is 10.0 Å². The van der Waals surface area contributed by atoms with Crippen molar-refractivity contribution in [2.75, 3.05) is 0 Å².